The highest BCUT2D eigenvalue weighted by Crippen LogP contribution is 2.46. The Labute approximate surface area is 410 Å². The number of benzene rings is 3. The van der Waals surface area contributed by atoms with E-state index in [1.165, 1.54) is 12.8 Å². The van der Waals surface area contributed by atoms with Gasteiger partial charge in [-0.3, -0.25) is 14.3 Å². The monoisotopic (exact) mass is 955 g/mol. The molecule has 1 N–H and O–H groups in total. The Kier molecular flexibility index (Phi) is 13.6. The summed E-state index contributed by atoms with van der Waals surface area (Å²) in [7, 11) is 3.33. The number of anilines is 2. The van der Waals surface area contributed by atoms with Crippen molar-refractivity contribution < 1.29 is 32.5 Å². The molecule has 5 heterocycles. The van der Waals surface area contributed by atoms with Gasteiger partial charge in [0.15, 0.2) is 5.71 Å². The van der Waals surface area contributed by atoms with Crippen LogP contribution in [-0.4, -0.2) is 94.7 Å². The molecule has 1 aliphatic carbocycles. The summed E-state index contributed by atoms with van der Waals surface area (Å²) in [6.07, 6.45) is 9.22. The number of amidine groups is 1. The Morgan fingerprint density at radius 3 is 2.41 bits per heavy atom. The van der Waals surface area contributed by atoms with Crippen molar-refractivity contribution in [2.75, 3.05) is 49.6 Å². The smallest absolute Gasteiger partial charge is 0.264 e. The number of fused-ring (bicyclic) bond motifs is 1. The first-order valence-corrected chi connectivity index (χ1v) is 25.0. The van der Waals surface area contributed by atoms with Gasteiger partial charge in [-0.1, -0.05) is 32.4 Å². The molecule has 1 aromatic heterocycles. The predicted molar refractivity (Wildman–Crippen MR) is 268 cm³/mol. The minimum Gasteiger partial charge on any atom is -0.495 e. The first-order valence-electron chi connectivity index (χ1n) is 25.0. The Bertz CT molecular complexity index is 2800. The number of nitrogens with zero attached hydrogens (tertiary/aromatic N) is 8. The maximum atomic E-state index is 14.8. The first kappa shape index (κ1) is 48.5. The van der Waals surface area contributed by atoms with Gasteiger partial charge in [0, 0.05) is 110 Å². The summed E-state index contributed by atoms with van der Waals surface area (Å²) in [5.41, 5.74) is 8.23. The van der Waals surface area contributed by atoms with E-state index < -0.39 is 11.8 Å². The van der Waals surface area contributed by atoms with Crippen molar-refractivity contribution in [3.63, 3.8) is 0 Å². The zero-order valence-electron chi connectivity index (χ0n) is 41.7. The normalized spacial score (nSPS) is 20.1. The molecule has 0 bridgehead atoms. The van der Waals surface area contributed by atoms with Gasteiger partial charge in [-0.05, 0) is 110 Å². The molecule has 9 rings (SSSR count). The van der Waals surface area contributed by atoms with Gasteiger partial charge in [-0.15, -0.1) is 0 Å². The minimum atomic E-state index is -2.67. The second kappa shape index (κ2) is 19.7. The number of hydrogen-bond acceptors (Lipinski definition) is 9. The second-order valence-corrected chi connectivity index (χ2v) is 20.4. The van der Waals surface area contributed by atoms with Gasteiger partial charge < -0.3 is 29.5 Å². The largest absolute Gasteiger partial charge is 0.495 e. The highest BCUT2D eigenvalue weighted by atomic mass is 19.3. The highest BCUT2D eigenvalue weighted by Gasteiger charge is 2.47. The quantitative estimate of drug-likeness (QED) is 0.139. The van der Waals surface area contributed by atoms with Crippen molar-refractivity contribution in [1.29, 1.82) is 5.26 Å². The molecule has 1 spiro atoms. The zero-order chi connectivity index (χ0) is 49.5. The topological polar surface area (TPSA) is 131 Å². The summed E-state index contributed by atoms with van der Waals surface area (Å²) >= 11 is 0. The number of aryl methyl sites for hydroxylation is 2. The Morgan fingerprint density at radius 1 is 0.986 bits per heavy atom. The number of hydrogen-bond donors (Lipinski definition) is 1. The lowest BCUT2D eigenvalue weighted by atomic mass is 9.73. The lowest BCUT2D eigenvalue weighted by Crippen LogP contribution is -2.51. The van der Waals surface area contributed by atoms with Crippen molar-refractivity contribution in [2.24, 2.45) is 23.0 Å². The van der Waals surface area contributed by atoms with Gasteiger partial charge in [0.2, 0.25) is 17.4 Å². The van der Waals surface area contributed by atoms with E-state index in [-0.39, 0.29) is 34.9 Å². The van der Waals surface area contributed by atoms with Crippen LogP contribution in [0.4, 0.5) is 20.2 Å². The van der Waals surface area contributed by atoms with E-state index in [4.69, 9.17) is 14.6 Å². The number of amides is 2. The minimum absolute atomic E-state index is 0.0147. The molecule has 4 aliphatic heterocycles. The third kappa shape index (κ3) is 9.29. The van der Waals surface area contributed by atoms with Crippen LogP contribution >= 0.6 is 0 Å². The van der Waals surface area contributed by atoms with Gasteiger partial charge in [-0.25, -0.2) is 8.78 Å². The zero-order valence-corrected chi connectivity index (χ0v) is 41.7. The molecule has 0 radical (unpaired) electrons. The summed E-state index contributed by atoms with van der Waals surface area (Å²) < 4.78 is 45.3. The highest BCUT2D eigenvalue weighted by molar-refractivity contribution is 6.12. The lowest BCUT2D eigenvalue weighted by Gasteiger charge is -2.40. The van der Waals surface area contributed by atoms with E-state index >= 15 is 0 Å². The standard InChI is InChI=1S/C55H65F2N9O4/c1-8-49(54(4,5)50(9-2)70-42-17-14-38(30-58)48(28-42)69-7)60-53(68)36-12-15-40(16-13-36)64-26-23-55(34-64)21-18-41(19-22-55)66-46-20-25-63(35(3)67)33-45(46)52(61-66)65-24-10-11-37-27-43(39-31-59-62(6)32-39)44(51(56)57)29-47(37)65/h12-17,27-29,31-32,49-51H,8-11,18-26,33-34H2,1-7H3/p+1/t49-,50-,55?/m0/s1. The first-order chi connectivity index (χ1) is 33.6. The fraction of sp³-hybridized carbons (Fsp3) is 0.491. The van der Waals surface area contributed by atoms with Crippen molar-refractivity contribution in [1.82, 2.24) is 20.0 Å². The van der Waals surface area contributed by atoms with Crippen molar-refractivity contribution in [3.05, 3.63) is 101 Å². The van der Waals surface area contributed by atoms with Crippen LogP contribution in [0.5, 0.6) is 11.5 Å². The Balaban J connectivity index is 0.882. The predicted octanol–water partition coefficient (Wildman–Crippen LogP) is 9.81. The SMILES string of the molecule is CC[C@H](NC(=O)c1ccc(N2CCC3(CCC(=[N+]4N=C(N5CCCc6cc(-c7cnn(C)c7)c(C(F)F)cc65)C5=C4CCN(C(C)=O)C5)CC3)C2)cc1)C(C)(C)[C@H](CC)Oc1ccc(C#N)c(OC)c1. The molecule has 368 valence electrons. The maximum Gasteiger partial charge on any atom is 0.264 e. The van der Waals surface area contributed by atoms with Gasteiger partial charge in [0.05, 0.1) is 37.4 Å². The van der Waals surface area contributed by atoms with Crippen LogP contribution in [0, 0.1) is 22.2 Å². The van der Waals surface area contributed by atoms with Gasteiger partial charge in [0.25, 0.3) is 12.3 Å². The van der Waals surface area contributed by atoms with E-state index in [2.05, 4.69) is 70.8 Å². The van der Waals surface area contributed by atoms with Crippen LogP contribution in [-0.2, 0) is 18.3 Å². The third-order valence-corrected chi connectivity index (χ3v) is 15.9. The van der Waals surface area contributed by atoms with E-state index in [0.717, 1.165) is 105 Å². The van der Waals surface area contributed by atoms with Crippen LogP contribution in [0.2, 0.25) is 0 Å². The van der Waals surface area contributed by atoms with Crippen LogP contribution in [0.1, 0.15) is 126 Å². The molecule has 1 saturated heterocycles. The van der Waals surface area contributed by atoms with Crippen LogP contribution in [0.25, 0.3) is 11.1 Å². The van der Waals surface area contributed by atoms with Gasteiger partial charge in [0.1, 0.15) is 23.7 Å². The molecular formula is C55H66F2N9O4+. The number of carbonyl (C=O) groups is 2. The summed E-state index contributed by atoms with van der Waals surface area (Å²) in [5, 5.41) is 22.4. The molecule has 5 aliphatic rings. The molecule has 13 nitrogen and oxygen atoms in total. The number of alkyl halides is 2. The van der Waals surface area contributed by atoms with Gasteiger partial charge >= 0.3 is 0 Å². The number of halogens is 2. The molecule has 2 amide bonds. The number of carbonyl (C=O) groups excluding carboxylic acids is 2. The average molecular weight is 955 g/mol. The molecule has 15 heteroatoms. The van der Waals surface area contributed by atoms with Crippen LogP contribution in [0.3, 0.4) is 0 Å². The number of rotatable bonds is 12. The molecule has 70 heavy (non-hydrogen) atoms. The van der Waals surface area contributed by atoms with E-state index in [1.807, 2.05) is 23.1 Å². The molecule has 2 fully saturated rings. The molecule has 4 aromatic rings. The van der Waals surface area contributed by atoms with Gasteiger partial charge in [-0.2, -0.15) is 10.4 Å². The van der Waals surface area contributed by atoms with Crippen molar-refractivity contribution >= 4 is 34.7 Å². The third-order valence-electron chi connectivity index (χ3n) is 15.9. The number of aromatic nitrogens is 2. The number of hydrazone groups is 1. The summed E-state index contributed by atoms with van der Waals surface area (Å²) in [6.45, 7) is 13.6. The lowest BCUT2D eigenvalue weighted by molar-refractivity contribution is -0.485. The molecule has 0 unspecified atom stereocenters. The van der Waals surface area contributed by atoms with Crippen LogP contribution in [0.15, 0.2) is 83.4 Å². The van der Waals surface area contributed by atoms with Crippen molar-refractivity contribution in [3.8, 4) is 28.7 Å². The molecule has 3 aromatic carbocycles. The Morgan fingerprint density at radius 2 is 1.76 bits per heavy atom. The fourth-order valence-corrected chi connectivity index (χ4v) is 11.7. The average Bonchev–Trinajstić information content (AvgIpc) is 4.11. The summed E-state index contributed by atoms with van der Waals surface area (Å²) in [4.78, 5) is 33.0. The number of methoxy groups -OCH3 is 1. The fourth-order valence-electron chi connectivity index (χ4n) is 11.7. The molecule has 1 saturated carbocycles. The van der Waals surface area contributed by atoms with Crippen molar-refractivity contribution in [2.45, 2.75) is 117 Å². The second-order valence-electron chi connectivity index (χ2n) is 20.4. The maximum absolute atomic E-state index is 14.8. The number of ether oxygens (including phenoxy) is 2. The van der Waals surface area contributed by atoms with Crippen LogP contribution < -0.4 is 24.6 Å². The van der Waals surface area contributed by atoms with E-state index in [9.17, 15) is 23.6 Å². The Hall–Kier alpha value is -6.56. The van der Waals surface area contributed by atoms with E-state index in [1.54, 1.807) is 55.3 Å². The number of nitriles is 1. The number of nitrogens with one attached hydrogen (secondary N) is 1. The summed E-state index contributed by atoms with van der Waals surface area (Å²) in [5.74, 6) is 1.74. The van der Waals surface area contributed by atoms with E-state index in [0.29, 0.717) is 59.8 Å². The summed E-state index contributed by atoms with van der Waals surface area (Å²) in [6, 6.07) is 18.8. The molecular weight excluding hydrogens is 889 g/mol. The molecule has 2 atom stereocenters.